The van der Waals surface area contributed by atoms with E-state index in [-0.39, 0.29) is 17.5 Å². The normalized spacial score (nSPS) is 22.6. The number of amides is 1. The molecule has 0 saturated heterocycles. The fourth-order valence-electron chi connectivity index (χ4n) is 2.94. The van der Waals surface area contributed by atoms with Gasteiger partial charge in [0.1, 0.15) is 5.82 Å². The predicted molar refractivity (Wildman–Crippen MR) is 79.5 cm³/mol. The van der Waals surface area contributed by atoms with Gasteiger partial charge in [-0.3, -0.25) is 4.79 Å². The van der Waals surface area contributed by atoms with Gasteiger partial charge in [0.25, 0.3) is 5.91 Å². The predicted octanol–water partition coefficient (Wildman–Crippen LogP) is 4.57. The number of halogens is 2. The van der Waals surface area contributed by atoms with Crippen LogP contribution in [-0.2, 0) is 0 Å². The van der Waals surface area contributed by atoms with E-state index >= 15 is 0 Å². The first kappa shape index (κ1) is 15.3. The Morgan fingerprint density at radius 2 is 2.05 bits per heavy atom. The minimum Gasteiger partial charge on any atom is -0.349 e. The number of nitrogens with one attached hydrogen (secondary N) is 1. The third kappa shape index (κ3) is 3.95. The summed E-state index contributed by atoms with van der Waals surface area (Å²) < 4.78 is 13.6. The third-order valence-corrected chi connectivity index (χ3v) is 4.29. The highest BCUT2D eigenvalue weighted by Crippen LogP contribution is 2.28. The van der Waals surface area contributed by atoms with Crippen LogP contribution in [0.4, 0.5) is 4.39 Å². The largest absolute Gasteiger partial charge is 0.349 e. The quantitative estimate of drug-likeness (QED) is 0.866. The van der Waals surface area contributed by atoms with E-state index in [1.54, 1.807) is 0 Å². The van der Waals surface area contributed by atoms with Crippen LogP contribution in [-0.4, -0.2) is 11.9 Å². The van der Waals surface area contributed by atoms with Crippen molar-refractivity contribution in [1.82, 2.24) is 5.32 Å². The van der Waals surface area contributed by atoms with Gasteiger partial charge in [0.15, 0.2) is 0 Å². The van der Waals surface area contributed by atoms with Crippen LogP contribution in [0.5, 0.6) is 0 Å². The molecule has 0 heterocycles. The lowest BCUT2D eigenvalue weighted by Crippen LogP contribution is -2.38. The Bertz CT molecular complexity index is 470. The molecule has 1 aromatic carbocycles. The van der Waals surface area contributed by atoms with Gasteiger partial charge in [0.2, 0.25) is 0 Å². The molecular formula is C16H21ClFNO. The van der Waals surface area contributed by atoms with Crippen molar-refractivity contribution in [3.63, 3.8) is 0 Å². The summed E-state index contributed by atoms with van der Waals surface area (Å²) in [6.45, 7) is 2.20. The van der Waals surface area contributed by atoms with Gasteiger partial charge < -0.3 is 5.32 Å². The van der Waals surface area contributed by atoms with Crippen molar-refractivity contribution in [3.8, 4) is 0 Å². The lowest BCUT2D eigenvalue weighted by Gasteiger charge is -2.29. The van der Waals surface area contributed by atoms with Gasteiger partial charge in [-0.15, -0.1) is 0 Å². The first-order valence-electron chi connectivity index (χ1n) is 7.36. The number of rotatable bonds is 4. The second-order valence-electron chi connectivity index (χ2n) is 5.60. The molecule has 1 saturated carbocycles. The van der Waals surface area contributed by atoms with E-state index in [2.05, 4.69) is 12.2 Å². The minimum absolute atomic E-state index is 0.0354. The Balaban J connectivity index is 1.91. The maximum Gasteiger partial charge on any atom is 0.254 e. The molecule has 0 aromatic heterocycles. The van der Waals surface area contributed by atoms with Crippen LogP contribution in [0.1, 0.15) is 55.8 Å². The average Bonchev–Trinajstić information content (AvgIpc) is 2.44. The molecule has 0 unspecified atom stereocenters. The number of hydrogen-bond donors (Lipinski definition) is 1. The molecule has 0 aliphatic heterocycles. The van der Waals surface area contributed by atoms with Crippen LogP contribution in [0.2, 0.25) is 5.02 Å². The molecule has 1 aliphatic carbocycles. The Morgan fingerprint density at radius 1 is 1.35 bits per heavy atom. The van der Waals surface area contributed by atoms with Gasteiger partial charge in [-0.2, -0.15) is 0 Å². The average molecular weight is 298 g/mol. The summed E-state index contributed by atoms with van der Waals surface area (Å²) in [4.78, 5) is 12.1. The van der Waals surface area contributed by atoms with Gasteiger partial charge in [-0.25, -0.2) is 4.39 Å². The zero-order chi connectivity index (χ0) is 14.5. The van der Waals surface area contributed by atoms with Gasteiger partial charge in [0.05, 0.1) is 5.56 Å². The van der Waals surface area contributed by atoms with Crippen molar-refractivity contribution in [2.24, 2.45) is 5.92 Å². The molecule has 20 heavy (non-hydrogen) atoms. The molecule has 1 fully saturated rings. The molecule has 1 N–H and O–H groups in total. The summed E-state index contributed by atoms with van der Waals surface area (Å²) in [6, 6.07) is 4.22. The van der Waals surface area contributed by atoms with Crippen LogP contribution in [0.25, 0.3) is 0 Å². The van der Waals surface area contributed by atoms with Gasteiger partial charge in [-0.1, -0.05) is 31.4 Å². The Kier molecular flexibility index (Phi) is 5.41. The lowest BCUT2D eigenvalue weighted by molar-refractivity contribution is 0.0917. The molecular weight excluding hydrogens is 277 g/mol. The van der Waals surface area contributed by atoms with Crippen molar-refractivity contribution in [2.75, 3.05) is 0 Å². The summed E-state index contributed by atoms with van der Waals surface area (Å²) in [6.07, 6.45) is 6.75. The molecule has 0 spiro atoms. The summed E-state index contributed by atoms with van der Waals surface area (Å²) >= 11 is 5.81. The number of carbonyl (C=O) groups is 1. The lowest BCUT2D eigenvalue weighted by atomic mass is 9.83. The van der Waals surface area contributed by atoms with E-state index in [4.69, 9.17) is 11.6 Å². The van der Waals surface area contributed by atoms with E-state index in [0.717, 1.165) is 31.6 Å². The standard InChI is InChI=1S/C16H21ClFNO/c1-2-3-11-4-7-13(8-5-11)19-16(20)14-10-12(17)6-9-15(14)18/h6,9-11,13H,2-5,7-8H2,1H3,(H,19,20). The summed E-state index contributed by atoms with van der Waals surface area (Å²) in [5, 5.41) is 3.31. The monoisotopic (exact) mass is 297 g/mol. The van der Waals surface area contributed by atoms with E-state index in [1.165, 1.54) is 31.0 Å². The van der Waals surface area contributed by atoms with E-state index in [1.807, 2.05) is 0 Å². The summed E-state index contributed by atoms with van der Waals surface area (Å²) in [7, 11) is 0. The fourth-order valence-corrected chi connectivity index (χ4v) is 3.11. The molecule has 4 heteroatoms. The van der Waals surface area contributed by atoms with Crippen LogP contribution < -0.4 is 5.32 Å². The zero-order valence-corrected chi connectivity index (χ0v) is 12.5. The molecule has 0 atom stereocenters. The Morgan fingerprint density at radius 3 is 2.70 bits per heavy atom. The Hall–Kier alpha value is -1.09. The van der Waals surface area contributed by atoms with E-state index < -0.39 is 5.82 Å². The zero-order valence-electron chi connectivity index (χ0n) is 11.8. The van der Waals surface area contributed by atoms with Crippen molar-refractivity contribution < 1.29 is 9.18 Å². The molecule has 2 nitrogen and oxygen atoms in total. The van der Waals surface area contributed by atoms with E-state index in [0.29, 0.717) is 5.02 Å². The van der Waals surface area contributed by atoms with E-state index in [9.17, 15) is 9.18 Å². The van der Waals surface area contributed by atoms with Crippen molar-refractivity contribution in [2.45, 2.75) is 51.5 Å². The molecule has 0 radical (unpaired) electrons. The second-order valence-corrected chi connectivity index (χ2v) is 6.04. The second kappa shape index (κ2) is 7.07. The maximum atomic E-state index is 13.6. The highest BCUT2D eigenvalue weighted by atomic mass is 35.5. The smallest absolute Gasteiger partial charge is 0.254 e. The number of hydrogen-bond acceptors (Lipinski definition) is 1. The van der Waals surface area contributed by atoms with Crippen molar-refractivity contribution >= 4 is 17.5 Å². The third-order valence-electron chi connectivity index (χ3n) is 4.05. The highest BCUT2D eigenvalue weighted by Gasteiger charge is 2.23. The maximum absolute atomic E-state index is 13.6. The first-order valence-corrected chi connectivity index (χ1v) is 7.74. The highest BCUT2D eigenvalue weighted by molar-refractivity contribution is 6.31. The molecule has 1 aromatic rings. The molecule has 1 amide bonds. The van der Waals surface area contributed by atoms with Crippen LogP contribution in [0.15, 0.2) is 18.2 Å². The molecule has 110 valence electrons. The van der Waals surface area contributed by atoms with Crippen LogP contribution in [0.3, 0.4) is 0 Å². The first-order chi connectivity index (χ1) is 9.60. The van der Waals surface area contributed by atoms with Crippen LogP contribution in [0, 0.1) is 11.7 Å². The van der Waals surface area contributed by atoms with Gasteiger partial charge >= 0.3 is 0 Å². The number of carbonyl (C=O) groups excluding carboxylic acids is 1. The van der Waals surface area contributed by atoms with Crippen LogP contribution >= 0.6 is 11.6 Å². The summed E-state index contributed by atoms with van der Waals surface area (Å²) in [5.41, 5.74) is 0.0354. The minimum atomic E-state index is -0.522. The molecule has 1 aliphatic rings. The topological polar surface area (TPSA) is 29.1 Å². The van der Waals surface area contributed by atoms with Gasteiger partial charge in [0, 0.05) is 11.1 Å². The summed E-state index contributed by atoms with van der Waals surface area (Å²) in [5.74, 6) is -0.0911. The van der Waals surface area contributed by atoms with Crippen molar-refractivity contribution in [3.05, 3.63) is 34.6 Å². The van der Waals surface area contributed by atoms with Crippen molar-refractivity contribution in [1.29, 1.82) is 0 Å². The Labute approximate surface area is 124 Å². The molecule has 0 bridgehead atoms. The number of benzene rings is 1. The SMILES string of the molecule is CCCC1CCC(NC(=O)c2cc(Cl)ccc2F)CC1. The van der Waals surface area contributed by atoms with Gasteiger partial charge in [-0.05, 0) is 49.8 Å². The fraction of sp³-hybridized carbons (Fsp3) is 0.562. The molecule has 2 rings (SSSR count).